The zero-order valence-corrected chi connectivity index (χ0v) is 17.8. The molecule has 0 atom stereocenters. The summed E-state index contributed by atoms with van der Waals surface area (Å²) >= 11 is 0. The summed E-state index contributed by atoms with van der Waals surface area (Å²) in [6.45, 7) is 13.4. The lowest BCUT2D eigenvalue weighted by Gasteiger charge is -2.38. The molecule has 1 amide bonds. The van der Waals surface area contributed by atoms with Crippen molar-refractivity contribution in [3.63, 3.8) is 0 Å². The van der Waals surface area contributed by atoms with Gasteiger partial charge in [-0.2, -0.15) is 0 Å². The molecule has 1 fully saturated rings. The number of carbonyl (C=O) groups is 1. The number of halogens is 2. The van der Waals surface area contributed by atoms with Crippen molar-refractivity contribution < 1.29 is 4.79 Å². The van der Waals surface area contributed by atoms with Gasteiger partial charge in [0, 0.05) is 56.6 Å². The molecule has 0 aromatic heterocycles. The molecule has 2 rings (SSSR count). The van der Waals surface area contributed by atoms with Crippen molar-refractivity contribution in [3.05, 3.63) is 29.8 Å². The number of hydrogen-bond acceptors (Lipinski definition) is 4. The maximum Gasteiger partial charge on any atom is 0.251 e. The molecule has 1 aromatic carbocycles. The number of piperazine rings is 1. The number of nitrogens with zero attached hydrogens (tertiary/aromatic N) is 2. The second kappa shape index (κ2) is 13.2. The van der Waals surface area contributed by atoms with Crippen LogP contribution in [0, 0.1) is 0 Å². The summed E-state index contributed by atoms with van der Waals surface area (Å²) in [6, 6.07) is 8.60. The van der Waals surface area contributed by atoms with Crippen molar-refractivity contribution in [2.45, 2.75) is 33.2 Å². The van der Waals surface area contributed by atoms with Crippen molar-refractivity contribution >= 4 is 36.4 Å². The molecule has 1 saturated heterocycles. The molecule has 1 aromatic rings. The predicted molar refractivity (Wildman–Crippen MR) is 115 cm³/mol. The molecule has 7 heteroatoms. The molecule has 0 saturated carbocycles. The van der Waals surface area contributed by atoms with Crippen LogP contribution in [0.5, 0.6) is 0 Å². The van der Waals surface area contributed by atoms with Gasteiger partial charge in [-0.15, -0.1) is 24.8 Å². The van der Waals surface area contributed by atoms with Gasteiger partial charge in [0.1, 0.15) is 0 Å². The van der Waals surface area contributed by atoms with E-state index < -0.39 is 0 Å². The molecule has 2 N–H and O–H groups in total. The normalized spacial score (nSPS) is 14.5. The van der Waals surface area contributed by atoms with E-state index in [2.05, 4.69) is 53.3 Å². The van der Waals surface area contributed by atoms with Crippen molar-refractivity contribution in [3.8, 4) is 0 Å². The van der Waals surface area contributed by atoms with Crippen LogP contribution in [0.3, 0.4) is 0 Å². The molecule has 150 valence electrons. The van der Waals surface area contributed by atoms with Crippen molar-refractivity contribution in [1.29, 1.82) is 0 Å². The topological polar surface area (TPSA) is 47.6 Å². The molecule has 0 bridgehead atoms. The van der Waals surface area contributed by atoms with Gasteiger partial charge < -0.3 is 15.5 Å². The van der Waals surface area contributed by atoms with Crippen molar-refractivity contribution in [2.75, 3.05) is 50.7 Å². The molecule has 1 aliphatic heterocycles. The number of hydrogen-bond donors (Lipinski definition) is 2. The molecule has 0 unspecified atom stereocenters. The predicted octanol–water partition coefficient (Wildman–Crippen LogP) is 2.79. The first-order chi connectivity index (χ1) is 11.6. The van der Waals surface area contributed by atoms with Gasteiger partial charge in [0.15, 0.2) is 0 Å². The minimum Gasteiger partial charge on any atom is -0.369 e. The Morgan fingerprint density at radius 2 is 1.62 bits per heavy atom. The lowest BCUT2D eigenvalue weighted by Crippen LogP contribution is -2.48. The van der Waals surface area contributed by atoms with Gasteiger partial charge in [0.25, 0.3) is 5.91 Å². The summed E-state index contributed by atoms with van der Waals surface area (Å²) < 4.78 is 0. The Bertz CT molecular complexity index is 503. The Morgan fingerprint density at radius 3 is 2.15 bits per heavy atom. The summed E-state index contributed by atoms with van der Waals surface area (Å²) in [4.78, 5) is 17.0. The maximum absolute atomic E-state index is 12.1. The first-order valence-electron chi connectivity index (χ1n) is 9.19. The van der Waals surface area contributed by atoms with E-state index in [1.807, 2.05) is 12.1 Å². The first-order valence-corrected chi connectivity index (χ1v) is 9.19. The lowest BCUT2D eigenvalue weighted by molar-refractivity contribution is 0.0954. The van der Waals surface area contributed by atoms with Gasteiger partial charge in [-0.05, 0) is 51.1 Å². The highest BCUT2D eigenvalue weighted by molar-refractivity contribution is 5.94. The fourth-order valence-electron chi connectivity index (χ4n) is 2.99. The summed E-state index contributed by atoms with van der Waals surface area (Å²) in [5.74, 6) is 0.00414. The van der Waals surface area contributed by atoms with Crippen LogP contribution in [-0.2, 0) is 0 Å². The van der Waals surface area contributed by atoms with Crippen LogP contribution in [0.4, 0.5) is 5.69 Å². The third kappa shape index (κ3) is 7.70. The quantitative estimate of drug-likeness (QED) is 0.653. The number of benzene rings is 1. The number of rotatable bonds is 8. The second-order valence-corrected chi connectivity index (χ2v) is 6.67. The van der Waals surface area contributed by atoms with E-state index >= 15 is 0 Å². The van der Waals surface area contributed by atoms with Crippen molar-refractivity contribution in [2.24, 2.45) is 0 Å². The van der Waals surface area contributed by atoms with E-state index in [1.54, 1.807) is 0 Å². The highest BCUT2D eigenvalue weighted by Gasteiger charge is 2.19. The molecule has 0 radical (unpaired) electrons. The monoisotopic (exact) mass is 404 g/mol. The third-order valence-corrected chi connectivity index (χ3v) is 4.55. The van der Waals surface area contributed by atoms with Crippen LogP contribution in [0.1, 0.15) is 37.6 Å². The Kier molecular flexibility index (Phi) is 12.7. The van der Waals surface area contributed by atoms with E-state index in [-0.39, 0.29) is 30.7 Å². The third-order valence-electron chi connectivity index (χ3n) is 4.55. The average Bonchev–Trinajstić information content (AvgIpc) is 2.61. The van der Waals surface area contributed by atoms with Gasteiger partial charge in [-0.3, -0.25) is 9.69 Å². The van der Waals surface area contributed by atoms with Crippen LogP contribution in [0.2, 0.25) is 0 Å². The molecule has 5 nitrogen and oxygen atoms in total. The number of anilines is 1. The summed E-state index contributed by atoms with van der Waals surface area (Å²) in [6.07, 6.45) is 1.11. The average molecular weight is 405 g/mol. The Balaban J connectivity index is 0.00000312. The number of nitrogens with one attached hydrogen (secondary N) is 2. The molecular formula is C19H34Cl2N4O. The van der Waals surface area contributed by atoms with Crippen LogP contribution in [0.15, 0.2) is 24.3 Å². The zero-order chi connectivity index (χ0) is 17.4. The van der Waals surface area contributed by atoms with Crippen LogP contribution < -0.4 is 15.5 Å². The van der Waals surface area contributed by atoms with Crippen LogP contribution >= 0.6 is 24.8 Å². The van der Waals surface area contributed by atoms with Crippen molar-refractivity contribution in [1.82, 2.24) is 15.5 Å². The second-order valence-electron chi connectivity index (χ2n) is 6.67. The van der Waals surface area contributed by atoms with E-state index in [4.69, 9.17) is 0 Å². The Morgan fingerprint density at radius 1 is 1.00 bits per heavy atom. The number of amides is 1. The summed E-state index contributed by atoms with van der Waals surface area (Å²) in [5.41, 5.74) is 1.94. The van der Waals surface area contributed by atoms with Gasteiger partial charge in [0.05, 0.1) is 0 Å². The lowest BCUT2D eigenvalue weighted by atomic mass is 10.1. The highest BCUT2D eigenvalue weighted by Crippen LogP contribution is 2.18. The summed E-state index contributed by atoms with van der Waals surface area (Å²) in [7, 11) is 0. The number of carbonyl (C=O) groups excluding carboxylic acids is 1. The fraction of sp³-hybridized carbons (Fsp3) is 0.632. The van der Waals surface area contributed by atoms with E-state index in [0.29, 0.717) is 12.6 Å². The molecule has 0 spiro atoms. The van der Waals surface area contributed by atoms with Gasteiger partial charge in [-0.25, -0.2) is 0 Å². The van der Waals surface area contributed by atoms with E-state index in [0.717, 1.165) is 51.3 Å². The molecule has 26 heavy (non-hydrogen) atoms. The molecule has 1 heterocycles. The molecule has 1 aliphatic rings. The minimum atomic E-state index is 0. The first kappa shape index (κ1) is 25.0. The van der Waals surface area contributed by atoms with Crippen LogP contribution in [0.25, 0.3) is 0 Å². The highest BCUT2D eigenvalue weighted by atomic mass is 35.5. The van der Waals surface area contributed by atoms with Crippen LogP contribution in [-0.4, -0.2) is 62.7 Å². The molecular weight excluding hydrogens is 371 g/mol. The van der Waals surface area contributed by atoms with Gasteiger partial charge >= 0.3 is 0 Å². The standard InChI is InChI=1S/C19H32N4O.2ClH/c1-4-9-20-10-11-21-19(24)17-5-7-18(8-6-17)23-14-12-22(13-15-23)16(2)3;;/h5-8,16,20H,4,9-15H2,1-3H3,(H,21,24);2*1H. The Labute approximate surface area is 170 Å². The SMILES string of the molecule is CCCNCCNC(=O)c1ccc(N2CCN(C(C)C)CC2)cc1.Cl.Cl. The van der Waals surface area contributed by atoms with E-state index in [9.17, 15) is 4.79 Å². The summed E-state index contributed by atoms with van der Waals surface area (Å²) in [5, 5.41) is 6.23. The van der Waals surface area contributed by atoms with Gasteiger partial charge in [-0.1, -0.05) is 6.92 Å². The zero-order valence-electron chi connectivity index (χ0n) is 16.2. The smallest absolute Gasteiger partial charge is 0.251 e. The largest absolute Gasteiger partial charge is 0.369 e. The Hall–Kier alpha value is -1.01. The van der Waals surface area contributed by atoms with Gasteiger partial charge in [0.2, 0.25) is 0 Å². The minimum absolute atomic E-state index is 0. The maximum atomic E-state index is 12.1. The molecule has 0 aliphatic carbocycles. The van der Waals surface area contributed by atoms with E-state index in [1.165, 1.54) is 5.69 Å². The fourth-order valence-corrected chi connectivity index (χ4v) is 2.99.